The summed E-state index contributed by atoms with van der Waals surface area (Å²) in [5, 5.41) is 3.26. The van der Waals surface area contributed by atoms with Crippen molar-refractivity contribution in [2.24, 2.45) is 5.92 Å². The van der Waals surface area contributed by atoms with E-state index in [1.165, 1.54) is 5.56 Å². The number of hydrogen-bond donors (Lipinski definition) is 1. The number of thiocarbonyl (C=S) groups is 1. The highest BCUT2D eigenvalue weighted by molar-refractivity contribution is 7.80. The first-order chi connectivity index (χ1) is 10.8. The standard InChI is InChI=1S/C19H25NO2S/c1-5-20-17(23)11-6-7-14-15-12-10-19(4,21-14)9-8-13(12)18(2,3)22-16(11)15/h6-7,12-13H,5,8-10H2,1-4H3,(H,20,23). The van der Waals surface area contributed by atoms with Gasteiger partial charge in [-0.1, -0.05) is 12.2 Å². The third-order valence-corrected chi connectivity index (χ3v) is 6.21. The Balaban J connectivity index is 1.91. The average molecular weight is 331 g/mol. The van der Waals surface area contributed by atoms with Crippen LogP contribution in [0, 0.1) is 5.92 Å². The van der Waals surface area contributed by atoms with Crippen LogP contribution in [0.4, 0.5) is 0 Å². The number of nitrogens with one attached hydrogen (secondary N) is 1. The summed E-state index contributed by atoms with van der Waals surface area (Å²) in [6.45, 7) is 9.59. The maximum atomic E-state index is 6.52. The summed E-state index contributed by atoms with van der Waals surface area (Å²) in [5.41, 5.74) is 2.07. The monoisotopic (exact) mass is 331 g/mol. The molecule has 1 aromatic carbocycles. The van der Waals surface area contributed by atoms with Crippen molar-refractivity contribution >= 4 is 17.2 Å². The molecule has 0 radical (unpaired) electrons. The van der Waals surface area contributed by atoms with Crippen LogP contribution in [0.3, 0.4) is 0 Å². The minimum Gasteiger partial charge on any atom is -0.487 e. The third kappa shape index (κ3) is 2.18. The van der Waals surface area contributed by atoms with Crippen LogP contribution in [-0.2, 0) is 0 Å². The molecule has 4 heteroatoms. The maximum absolute atomic E-state index is 6.52. The Kier molecular flexibility index (Phi) is 3.22. The summed E-state index contributed by atoms with van der Waals surface area (Å²) in [7, 11) is 0. The maximum Gasteiger partial charge on any atom is 0.137 e. The SMILES string of the molecule is CCNC(=S)c1ccc2c3c1OC(C)(C)C1CCC(C)(CC31)O2. The van der Waals surface area contributed by atoms with Crippen molar-refractivity contribution in [1.29, 1.82) is 0 Å². The number of rotatable bonds is 2. The van der Waals surface area contributed by atoms with Crippen LogP contribution in [0.15, 0.2) is 12.1 Å². The molecule has 124 valence electrons. The smallest absolute Gasteiger partial charge is 0.137 e. The Morgan fingerprint density at radius 2 is 2.09 bits per heavy atom. The van der Waals surface area contributed by atoms with Crippen molar-refractivity contribution < 1.29 is 9.47 Å². The van der Waals surface area contributed by atoms with E-state index in [1.54, 1.807) is 0 Å². The van der Waals surface area contributed by atoms with E-state index < -0.39 is 0 Å². The highest BCUT2D eigenvalue weighted by Gasteiger charge is 2.54. The third-order valence-electron chi connectivity index (χ3n) is 5.84. The van der Waals surface area contributed by atoms with Gasteiger partial charge in [0.1, 0.15) is 27.7 Å². The first kappa shape index (κ1) is 15.3. The second-order valence-electron chi connectivity index (χ2n) is 7.93. The van der Waals surface area contributed by atoms with Crippen LogP contribution in [0.5, 0.6) is 11.5 Å². The van der Waals surface area contributed by atoms with Crippen molar-refractivity contribution in [2.75, 3.05) is 6.54 Å². The van der Waals surface area contributed by atoms with Crippen molar-refractivity contribution in [3.8, 4) is 11.5 Å². The lowest BCUT2D eigenvalue weighted by Crippen LogP contribution is -2.54. The van der Waals surface area contributed by atoms with Crippen molar-refractivity contribution in [2.45, 2.75) is 64.1 Å². The van der Waals surface area contributed by atoms with Gasteiger partial charge in [-0.2, -0.15) is 0 Å². The van der Waals surface area contributed by atoms with E-state index in [2.05, 4.69) is 45.1 Å². The van der Waals surface area contributed by atoms with Crippen molar-refractivity contribution in [3.05, 3.63) is 23.3 Å². The zero-order valence-corrected chi connectivity index (χ0v) is 15.2. The van der Waals surface area contributed by atoms with E-state index in [1.807, 2.05) is 0 Å². The van der Waals surface area contributed by atoms with Gasteiger partial charge in [0.15, 0.2) is 0 Å². The molecule has 1 N–H and O–H groups in total. The van der Waals surface area contributed by atoms with Crippen LogP contribution < -0.4 is 14.8 Å². The molecule has 3 aliphatic rings. The lowest BCUT2D eigenvalue weighted by atomic mass is 9.61. The fourth-order valence-corrected chi connectivity index (χ4v) is 5.07. The predicted octanol–water partition coefficient (Wildman–Crippen LogP) is 4.18. The number of ether oxygens (including phenoxy) is 2. The number of fused-ring (bicyclic) bond motifs is 1. The van der Waals surface area contributed by atoms with E-state index in [0.29, 0.717) is 11.8 Å². The highest BCUT2D eigenvalue weighted by Crippen LogP contribution is 2.60. The van der Waals surface area contributed by atoms with Gasteiger partial charge in [-0.3, -0.25) is 0 Å². The molecule has 3 nitrogen and oxygen atoms in total. The zero-order chi connectivity index (χ0) is 16.4. The number of benzene rings is 1. The molecule has 3 unspecified atom stereocenters. The Labute approximate surface area is 143 Å². The van der Waals surface area contributed by atoms with Gasteiger partial charge < -0.3 is 14.8 Å². The molecular weight excluding hydrogens is 306 g/mol. The molecule has 23 heavy (non-hydrogen) atoms. The molecule has 1 aliphatic carbocycles. The molecule has 0 saturated heterocycles. The van der Waals surface area contributed by atoms with Gasteiger partial charge in [0.05, 0.1) is 5.56 Å². The van der Waals surface area contributed by atoms with Crippen molar-refractivity contribution in [1.82, 2.24) is 5.32 Å². The number of hydrogen-bond acceptors (Lipinski definition) is 3. The van der Waals surface area contributed by atoms with Gasteiger partial charge in [0, 0.05) is 23.9 Å². The summed E-state index contributed by atoms with van der Waals surface area (Å²) in [6.07, 6.45) is 3.35. The minimum atomic E-state index is -0.161. The van der Waals surface area contributed by atoms with E-state index >= 15 is 0 Å². The zero-order valence-electron chi connectivity index (χ0n) is 14.4. The molecule has 3 atom stereocenters. The molecule has 4 rings (SSSR count). The largest absolute Gasteiger partial charge is 0.487 e. The molecular formula is C19H25NO2S. The fourth-order valence-electron chi connectivity index (χ4n) is 4.77. The van der Waals surface area contributed by atoms with E-state index in [0.717, 1.165) is 47.9 Å². The lowest BCUT2D eigenvalue weighted by molar-refractivity contribution is -0.0727. The van der Waals surface area contributed by atoms with E-state index in [9.17, 15) is 0 Å². The second-order valence-corrected chi connectivity index (χ2v) is 8.34. The minimum absolute atomic E-state index is 0.0252. The Hall–Kier alpha value is -1.29. The van der Waals surface area contributed by atoms with Gasteiger partial charge in [-0.15, -0.1) is 0 Å². The quantitative estimate of drug-likeness (QED) is 0.824. The first-order valence-corrected chi connectivity index (χ1v) is 9.08. The van der Waals surface area contributed by atoms with Crippen molar-refractivity contribution in [3.63, 3.8) is 0 Å². The van der Waals surface area contributed by atoms with Crippen LogP contribution in [0.25, 0.3) is 0 Å². The summed E-state index contributed by atoms with van der Waals surface area (Å²) < 4.78 is 12.9. The molecule has 2 bridgehead atoms. The van der Waals surface area contributed by atoms with Crippen LogP contribution in [-0.4, -0.2) is 22.7 Å². The van der Waals surface area contributed by atoms with Gasteiger partial charge >= 0.3 is 0 Å². The average Bonchev–Trinajstić information content (AvgIpc) is 2.45. The topological polar surface area (TPSA) is 30.5 Å². The predicted molar refractivity (Wildman–Crippen MR) is 95.6 cm³/mol. The molecule has 1 aromatic rings. The first-order valence-electron chi connectivity index (χ1n) is 8.68. The molecule has 1 saturated carbocycles. The molecule has 0 aromatic heterocycles. The Bertz CT molecular complexity index is 684. The summed E-state index contributed by atoms with van der Waals surface area (Å²) in [5.74, 6) is 3.01. The molecule has 0 amide bonds. The lowest BCUT2D eigenvalue weighted by Gasteiger charge is -2.55. The van der Waals surface area contributed by atoms with E-state index in [4.69, 9.17) is 21.7 Å². The molecule has 2 heterocycles. The van der Waals surface area contributed by atoms with Crippen LogP contribution in [0.2, 0.25) is 0 Å². The van der Waals surface area contributed by atoms with Gasteiger partial charge in [0.25, 0.3) is 0 Å². The van der Waals surface area contributed by atoms with Crippen LogP contribution >= 0.6 is 12.2 Å². The highest BCUT2D eigenvalue weighted by atomic mass is 32.1. The fraction of sp³-hybridized carbons (Fsp3) is 0.632. The molecule has 2 aliphatic heterocycles. The van der Waals surface area contributed by atoms with Crippen LogP contribution in [0.1, 0.15) is 64.0 Å². The summed E-state index contributed by atoms with van der Waals surface area (Å²) in [4.78, 5) is 0.767. The normalized spacial score (nSPS) is 32.5. The van der Waals surface area contributed by atoms with Gasteiger partial charge in [-0.25, -0.2) is 0 Å². The summed E-state index contributed by atoms with van der Waals surface area (Å²) >= 11 is 5.57. The Morgan fingerprint density at radius 1 is 1.30 bits per heavy atom. The van der Waals surface area contributed by atoms with E-state index in [-0.39, 0.29) is 11.2 Å². The Morgan fingerprint density at radius 3 is 2.83 bits per heavy atom. The summed E-state index contributed by atoms with van der Waals surface area (Å²) in [6, 6.07) is 4.15. The van der Waals surface area contributed by atoms with Gasteiger partial charge in [-0.05, 0) is 59.1 Å². The molecule has 0 spiro atoms. The molecule has 1 fully saturated rings. The van der Waals surface area contributed by atoms with Gasteiger partial charge in [0.2, 0.25) is 0 Å². The second kappa shape index (κ2) is 4.85.